The lowest BCUT2D eigenvalue weighted by molar-refractivity contribution is 0.474. The van der Waals surface area contributed by atoms with Gasteiger partial charge in [-0.1, -0.05) is 19.1 Å². The molecule has 0 unspecified atom stereocenters. The third-order valence-corrected chi connectivity index (χ3v) is 1.59. The molecule has 2 N–H and O–H groups in total. The van der Waals surface area contributed by atoms with E-state index < -0.39 is 0 Å². The minimum absolute atomic E-state index is 0.254. The number of phenols is 1. The van der Waals surface area contributed by atoms with E-state index in [1.165, 1.54) is 0 Å². The van der Waals surface area contributed by atoms with Crippen LogP contribution in [0.2, 0.25) is 0 Å². The van der Waals surface area contributed by atoms with Crippen LogP contribution in [-0.2, 0) is 0 Å². The summed E-state index contributed by atoms with van der Waals surface area (Å²) < 4.78 is 0. The Morgan fingerprint density at radius 3 is 2.92 bits per heavy atom. The van der Waals surface area contributed by atoms with E-state index in [-0.39, 0.29) is 5.75 Å². The van der Waals surface area contributed by atoms with E-state index in [2.05, 4.69) is 17.5 Å². The van der Waals surface area contributed by atoms with Gasteiger partial charge < -0.3 is 10.5 Å². The van der Waals surface area contributed by atoms with E-state index in [0.717, 1.165) is 18.5 Å². The molecule has 13 heavy (non-hydrogen) atoms. The number of rotatable bonds is 4. The van der Waals surface area contributed by atoms with Crippen LogP contribution in [-0.4, -0.2) is 17.9 Å². The quantitative estimate of drug-likeness (QED) is 0.419. The highest BCUT2D eigenvalue weighted by molar-refractivity contribution is 5.82. The number of nitrogens with one attached hydrogen (secondary N) is 1. The molecule has 3 nitrogen and oxygen atoms in total. The van der Waals surface area contributed by atoms with Crippen LogP contribution in [0.3, 0.4) is 0 Å². The van der Waals surface area contributed by atoms with Crippen LogP contribution in [0, 0.1) is 0 Å². The minimum atomic E-state index is 0.254. The predicted molar refractivity (Wildman–Crippen MR) is 54.0 cm³/mol. The summed E-state index contributed by atoms with van der Waals surface area (Å²) in [5.41, 5.74) is 3.60. The van der Waals surface area contributed by atoms with Crippen molar-refractivity contribution in [3.05, 3.63) is 29.8 Å². The SMILES string of the molecule is CCCN/N=C/c1ccccc1O. The standard InChI is InChI=1S/C10H14N2O/c1-2-7-11-12-8-9-5-3-4-6-10(9)13/h3-6,8,11,13H,2,7H2,1H3/b12-8+. The van der Waals surface area contributed by atoms with Crippen LogP contribution in [0.1, 0.15) is 18.9 Å². The number of aromatic hydroxyl groups is 1. The normalized spacial score (nSPS) is 10.5. The zero-order chi connectivity index (χ0) is 9.52. The Bertz CT molecular complexity index is 284. The van der Waals surface area contributed by atoms with Crippen molar-refractivity contribution in [2.75, 3.05) is 6.54 Å². The number of para-hydroxylation sites is 1. The van der Waals surface area contributed by atoms with Crippen LogP contribution in [0.4, 0.5) is 0 Å². The van der Waals surface area contributed by atoms with Gasteiger partial charge >= 0.3 is 0 Å². The van der Waals surface area contributed by atoms with Crippen LogP contribution in [0.15, 0.2) is 29.4 Å². The zero-order valence-corrected chi connectivity index (χ0v) is 7.70. The molecule has 0 spiro atoms. The number of phenolic OH excluding ortho intramolecular Hbond substituents is 1. The minimum Gasteiger partial charge on any atom is -0.507 e. The molecule has 1 rings (SSSR count). The highest BCUT2D eigenvalue weighted by Crippen LogP contribution is 2.12. The van der Waals surface area contributed by atoms with E-state index in [1.54, 1.807) is 18.3 Å². The van der Waals surface area contributed by atoms with E-state index in [0.29, 0.717) is 0 Å². The van der Waals surface area contributed by atoms with Gasteiger partial charge in [0.2, 0.25) is 0 Å². The van der Waals surface area contributed by atoms with Crippen LogP contribution in [0.5, 0.6) is 5.75 Å². The first kappa shape index (κ1) is 9.58. The fourth-order valence-electron chi connectivity index (χ4n) is 0.888. The molecule has 0 aliphatic rings. The summed E-state index contributed by atoms with van der Waals surface area (Å²) in [7, 11) is 0. The first-order valence-electron chi connectivity index (χ1n) is 4.38. The summed E-state index contributed by atoms with van der Waals surface area (Å²) in [6, 6.07) is 7.10. The summed E-state index contributed by atoms with van der Waals surface area (Å²) in [6.07, 6.45) is 2.66. The smallest absolute Gasteiger partial charge is 0.124 e. The van der Waals surface area contributed by atoms with Gasteiger partial charge in [-0.15, -0.1) is 0 Å². The summed E-state index contributed by atoms with van der Waals surface area (Å²) in [4.78, 5) is 0. The molecule has 0 radical (unpaired) electrons. The second-order valence-electron chi connectivity index (χ2n) is 2.73. The average molecular weight is 178 g/mol. The van der Waals surface area contributed by atoms with Gasteiger partial charge in [0.1, 0.15) is 5.75 Å². The topological polar surface area (TPSA) is 44.6 Å². The Morgan fingerprint density at radius 2 is 2.23 bits per heavy atom. The Morgan fingerprint density at radius 1 is 1.46 bits per heavy atom. The number of hydrazone groups is 1. The molecule has 1 aromatic rings. The lowest BCUT2D eigenvalue weighted by Gasteiger charge is -1.97. The van der Waals surface area contributed by atoms with Gasteiger partial charge in [0.25, 0.3) is 0 Å². The molecule has 0 aliphatic heterocycles. The van der Waals surface area contributed by atoms with Crippen molar-refractivity contribution < 1.29 is 5.11 Å². The monoisotopic (exact) mass is 178 g/mol. The summed E-state index contributed by atoms with van der Waals surface area (Å²) >= 11 is 0. The molecule has 0 bridgehead atoms. The lowest BCUT2D eigenvalue weighted by atomic mass is 10.2. The summed E-state index contributed by atoms with van der Waals surface area (Å²) in [6.45, 7) is 2.92. The molecular weight excluding hydrogens is 164 g/mol. The molecule has 3 heteroatoms. The largest absolute Gasteiger partial charge is 0.507 e. The molecule has 0 saturated heterocycles. The van der Waals surface area contributed by atoms with Crippen molar-refractivity contribution in [3.63, 3.8) is 0 Å². The first-order valence-corrected chi connectivity index (χ1v) is 4.38. The Kier molecular flexibility index (Phi) is 3.82. The van der Waals surface area contributed by atoms with Crippen molar-refractivity contribution >= 4 is 6.21 Å². The number of benzene rings is 1. The molecule has 0 atom stereocenters. The van der Waals surface area contributed by atoms with E-state index in [1.807, 2.05) is 12.1 Å². The van der Waals surface area contributed by atoms with Crippen molar-refractivity contribution in [1.29, 1.82) is 0 Å². The Hall–Kier alpha value is -1.51. The fourth-order valence-corrected chi connectivity index (χ4v) is 0.888. The van der Waals surface area contributed by atoms with Gasteiger partial charge in [0, 0.05) is 12.1 Å². The maximum Gasteiger partial charge on any atom is 0.124 e. The Balaban J connectivity index is 2.53. The molecule has 1 aromatic carbocycles. The van der Waals surface area contributed by atoms with E-state index in [9.17, 15) is 5.11 Å². The molecule has 0 saturated carbocycles. The van der Waals surface area contributed by atoms with Crippen molar-refractivity contribution in [2.24, 2.45) is 5.10 Å². The van der Waals surface area contributed by atoms with Crippen molar-refractivity contribution in [2.45, 2.75) is 13.3 Å². The van der Waals surface area contributed by atoms with Crippen LogP contribution >= 0.6 is 0 Å². The highest BCUT2D eigenvalue weighted by Gasteiger charge is 1.93. The van der Waals surface area contributed by atoms with Gasteiger partial charge in [0.15, 0.2) is 0 Å². The van der Waals surface area contributed by atoms with Gasteiger partial charge in [-0.3, -0.25) is 0 Å². The van der Waals surface area contributed by atoms with E-state index >= 15 is 0 Å². The third-order valence-electron chi connectivity index (χ3n) is 1.59. The van der Waals surface area contributed by atoms with Gasteiger partial charge in [0.05, 0.1) is 6.21 Å². The van der Waals surface area contributed by atoms with Gasteiger partial charge in [-0.2, -0.15) is 5.10 Å². The molecule has 0 fully saturated rings. The zero-order valence-electron chi connectivity index (χ0n) is 7.70. The molecule has 0 heterocycles. The highest BCUT2D eigenvalue weighted by atomic mass is 16.3. The van der Waals surface area contributed by atoms with Gasteiger partial charge in [-0.05, 0) is 18.6 Å². The number of hydrogen-bond donors (Lipinski definition) is 2. The second-order valence-corrected chi connectivity index (χ2v) is 2.73. The van der Waals surface area contributed by atoms with E-state index in [4.69, 9.17) is 0 Å². The maximum atomic E-state index is 9.35. The number of nitrogens with zero attached hydrogens (tertiary/aromatic N) is 1. The molecule has 0 aliphatic carbocycles. The first-order chi connectivity index (χ1) is 6.34. The third kappa shape index (κ3) is 3.15. The molecule has 70 valence electrons. The fraction of sp³-hybridized carbons (Fsp3) is 0.300. The van der Waals surface area contributed by atoms with Crippen molar-refractivity contribution in [1.82, 2.24) is 5.43 Å². The van der Waals surface area contributed by atoms with Crippen molar-refractivity contribution in [3.8, 4) is 5.75 Å². The molecule has 0 aromatic heterocycles. The predicted octanol–water partition coefficient (Wildman–Crippen LogP) is 1.73. The lowest BCUT2D eigenvalue weighted by Crippen LogP contribution is -2.05. The van der Waals surface area contributed by atoms with Crippen LogP contribution < -0.4 is 5.43 Å². The summed E-state index contributed by atoms with van der Waals surface area (Å²) in [5, 5.41) is 13.3. The van der Waals surface area contributed by atoms with Crippen LogP contribution in [0.25, 0.3) is 0 Å². The average Bonchev–Trinajstić information content (AvgIpc) is 2.15. The molecular formula is C10H14N2O. The summed E-state index contributed by atoms with van der Waals surface area (Å²) in [5.74, 6) is 0.254. The Labute approximate surface area is 78.1 Å². The van der Waals surface area contributed by atoms with Gasteiger partial charge in [-0.25, -0.2) is 0 Å². The maximum absolute atomic E-state index is 9.35. The second kappa shape index (κ2) is 5.19. The molecule has 0 amide bonds. The number of hydrogen-bond acceptors (Lipinski definition) is 3.